The molecule has 5 rings (SSSR count). The topological polar surface area (TPSA) is 52.8 Å². The Bertz CT molecular complexity index is 1280. The highest BCUT2D eigenvalue weighted by Gasteiger charge is 2.32. The molecule has 1 aliphatic rings. The van der Waals surface area contributed by atoms with Gasteiger partial charge < -0.3 is 14.0 Å². The Labute approximate surface area is 184 Å². The van der Waals surface area contributed by atoms with Gasteiger partial charge in [-0.05, 0) is 31.2 Å². The van der Waals surface area contributed by atoms with Crippen molar-refractivity contribution in [2.45, 2.75) is 19.4 Å². The molecule has 0 atom stereocenters. The zero-order chi connectivity index (χ0) is 21.2. The number of thiazole rings is 1. The van der Waals surface area contributed by atoms with E-state index in [0.29, 0.717) is 36.1 Å². The highest BCUT2D eigenvalue weighted by Crippen LogP contribution is 2.44. The Morgan fingerprint density at radius 2 is 1.65 bits per heavy atom. The molecule has 2 heterocycles. The van der Waals surface area contributed by atoms with E-state index in [-0.39, 0.29) is 5.91 Å². The van der Waals surface area contributed by atoms with Gasteiger partial charge in [-0.25, -0.2) is 0 Å². The monoisotopic (exact) mass is 430 g/mol. The molecule has 0 fully saturated rings. The summed E-state index contributed by atoms with van der Waals surface area (Å²) in [4.78, 5) is 18.9. The largest absolute Gasteiger partial charge is 0.457 e. The number of carbonyl (C=O) groups is 1. The number of benzene rings is 3. The molecule has 0 unspecified atom stereocenters. The van der Waals surface area contributed by atoms with Gasteiger partial charge in [0.05, 0.1) is 22.7 Å². The summed E-state index contributed by atoms with van der Waals surface area (Å²) in [7, 11) is 0. The van der Waals surface area contributed by atoms with Crippen molar-refractivity contribution in [2.24, 2.45) is 4.99 Å². The fourth-order valence-electron chi connectivity index (χ4n) is 3.96. The van der Waals surface area contributed by atoms with Gasteiger partial charge in [0, 0.05) is 24.3 Å². The van der Waals surface area contributed by atoms with Crippen molar-refractivity contribution in [3.05, 3.63) is 88.7 Å². The molecule has 0 saturated carbocycles. The van der Waals surface area contributed by atoms with Gasteiger partial charge in [-0.3, -0.25) is 4.79 Å². The van der Waals surface area contributed by atoms with Gasteiger partial charge in [0.25, 0.3) is 5.91 Å². The van der Waals surface area contributed by atoms with Gasteiger partial charge in [-0.15, -0.1) is 0 Å². The third-order valence-corrected chi connectivity index (χ3v) is 6.44. The van der Waals surface area contributed by atoms with E-state index in [2.05, 4.69) is 21.7 Å². The summed E-state index contributed by atoms with van der Waals surface area (Å²) in [5.41, 5.74) is 2.75. The van der Waals surface area contributed by atoms with Crippen LogP contribution in [-0.2, 0) is 16.1 Å². The Morgan fingerprint density at radius 1 is 1.00 bits per heavy atom. The summed E-state index contributed by atoms with van der Waals surface area (Å²) in [5, 5.41) is 0. The molecule has 31 heavy (non-hydrogen) atoms. The van der Waals surface area contributed by atoms with Crippen LogP contribution in [0.3, 0.4) is 0 Å². The Morgan fingerprint density at radius 3 is 2.35 bits per heavy atom. The van der Waals surface area contributed by atoms with E-state index in [9.17, 15) is 4.79 Å². The highest BCUT2D eigenvalue weighted by atomic mass is 32.1. The van der Waals surface area contributed by atoms with E-state index < -0.39 is 5.92 Å². The number of fused-ring (bicyclic) bond motifs is 3. The number of carbonyl (C=O) groups excluding carboxylic acids is 1. The molecule has 0 aliphatic carbocycles. The van der Waals surface area contributed by atoms with E-state index in [1.807, 2.05) is 67.6 Å². The zero-order valence-electron chi connectivity index (χ0n) is 17.2. The average molecular weight is 431 g/mol. The first kappa shape index (κ1) is 19.7. The Kier molecular flexibility index (Phi) is 5.40. The zero-order valence-corrected chi connectivity index (χ0v) is 18.0. The third-order valence-electron chi connectivity index (χ3n) is 5.38. The second kappa shape index (κ2) is 8.49. The van der Waals surface area contributed by atoms with E-state index in [4.69, 9.17) is 9.47 Å². The van der Waals surface area contributed by atoms with Gasteiger partial charge in [0.15, 0.2) is 4.80 Å². The molecule has 0 saturated heterocycles. The molecule has 1 aliphatic heterocycles. The fraction of sp³-hybridized carbons (Fsp3) is 0.200. The van der Waals surface area contributed by atoms with Crippen LogP contribution in [0.4, 0.5) is 0 Å². The first-order valence-electron chi connectivity index (χ1n) is 10.4. The SMILES string of the molecule is CCOCCn1c(=NC(=O)C2c3ccccc3Oc3ccccc32)sc2ccccc21. The summed E-state index contributed by atoms with van der Waals surface area (Å²) < 4.78 is 14.8. The van der Waals surface area contributed by atoms with Crippen molar-refractivity contribution in [3.63, 3.8) is 0 Å². The Hall–Kier alpha value is -3.22. The maximum atomic E-state index is 13.6. The van der Waals surface area contributed by atoms with Crippen LogP contribution in [-0.4, -0.2) is 23.7 Å². The maximum absolute atomic E-state index is 13.6. The van der Waals surface area contributed by atoms with E-state index in [0.717, 1.165) is 21.3 Å². The molecule has 4 aromatic rings. The molecule has 156 valence electrons. The van der Waals surface area contributed by atoms with Gasteiger partial charge in [0.1, 0.15) is 11.5 Å². The van der Waals surface area contributed by atoms with Crippen LogP contribution < -0.4 is 9.54 Å². The predicted molar refractivity (Wildman–Crippen MR) is 122 cm³/mol. The van der Waals surface area contributed by atoms with Crippen LogP contribution in [0.15, 0.2) is 77.8 Å². The molecule has 0 radical (unpaired) electrons. The lowest BCUT2D eigenvalue weighted by atomic mass is 9.87. The fourth-order valence-corrected chi connectivity index (χ4v) is 5.02. The minimum absolute atomic E-state index is 0.195. The van der Waals surface area contributed by atoms with Gasteiger partial charge in [-0.2, -0.15) is 4.99 Å². The van der Waals surface area contributed by atoms with Crippen molar-refractivity contribution in [3.8, 4) is 11.5 Å². The van der Waals surface area contributed by atoms with Crippen molar-refractivity contribution in [1.82, 2.24) is 4.57 Å². The minimum Gasteiger partial charge on any atom is -0.457 e. The summed E-state index contributed by atoms with van der Waals surface area (Å²) in [6.07, 6.45) is 0. The lowest BCUT2D eigenvalue weighted by Crippen LogP contribution is -2.23. The number of hydrogen-bond acceptors (Lipinski definition) is 4. The normalized spacial score (nSPS) is 13.6. The molecule has 0 spiro atoms. The van der Waals surface area contributed by atoms with Crippen LogP contribution in [0, 0.1) is 0 Å². The van der Waals surface area contributed by atoms with Gasteiger partial charge in [-0.1, -0.05) is 59.9 Å². The number of ether oxygens (including phenoxy) is 2. The minimum atomic E-state index is -0.494. The van der Waals surface area contributed by atoms with Crippen LogP contribution in [0.2, 0.25) is 0 Å². The second-order valence-corrected chi connectivity index (χ2v) is 8.27. The molecule has 1 aromatic heterocycles. The first-order valence-corrected chi connectivity index (χ1v) is 11.2. The van der Waals surface area contributed by atoms with E-state index >= 15 is 0 Å². The van der Waals surface area contributed by atoms with E-state index in [1.54, 1.807) is 0 Å². The number of rotatable bonds is 5. The number of para-hydroxylation sites is 3. The predicted octanol–water partition coefficient (Wildman–Crippen LogP) is 5.10. The van der Waals surface area contributed by atoms with Gasteiger partial charge >= 0.3 is 0 Å². The smallest absolute Gasteiger partial charge is 0.260 e. The molecule has 0 N–H and O–H groups in total. The average Bonchev–Trinajstić information content (AvgIpc) is 3.14. The standard InChI is InChI=1S/C25H22N2O3S/c1-2-29-16-15-27-19-11-5-8-14-22(19)31-25(27)26-24(28)23-17-9-3-6-12-20(17)30-21-13-7-4-10-18(21)23/h3-14,23H,2,15-16H2,1H3. The summed E-state index contributed by atoms with van der Waals surface area (Å²) in [6, 6.07) is 23.5. The number of aromatic nitrogens is 1. The number of nitrogens with zero attached hydrogens (tertiary/aromatic N) is 2. The summed E-state index contributed by atoms with van der Waals surface area (Å²) >= 11 is 1.53. The lowest BCUT2D eigenvalue weighted by molar-refractivity contribution is -0.118. The molecule has 0 bridgehead atoms. The summed E-state index contributed by atoms with van der Waals surface area (Å²) in [6.45, 7) is 3.85. The molecular weight excluding hydrogens is 408 g/mol. The second-order valence-electron chi connectivity index (χ2n) is 7.26. The number of hydrogen-bond donors (Lipinski definition) is 0. The molecule has 1 amide bonds. The summed E-state index contributed by atoms with van der Waals surface area (Å²) in [5.74, 6) is 0.720. The van der Waals surface area contributed by atoms with Crippen LogP contribution >= 0.6 is 11.3 Å². The molecule has 6 heteroatoms. The lowest BCUT2D eigenvalue weighted by Gasteiger charge is -2.25. The first-order chi connectivity index (χ1) is 15.3. The maximum Gasteiger partial charge on any atom is 0.260 e. The molecule has 5 nitrogen and oxygen atoms in total. The van der Waals surface area contributed by atoms with Crippen molar-refractivity contribution in [2.75, 3.05) is 13.2 Å². The quantitative estimate of drug-likeness (QED) is 0.414. The number of amides is 1. The van der Waals surface area contributed by atoms with E-state index in [1.165, 1.54) is 11.3 Å². The van der Waals surface area contributed by atoms with Crippen molar-refractivity contribution >= 4 is 27.5 Å². The van der Waals surface area contributed by atoms with Crippen LogP contribution in [0.25, 0.3) is 10.2 Å². The van der Waals surface area contributed by atoms with Crippen LogP contribution in [0.1, 0.15) is 24.0 Å². The third kappa shape index (κ3) is 3.69. The molecule has 3 aromatic carbocycles. The van der Waals surface area contributed by atoms with Crippen molar-refractivity contribution in [1.29, 1.82) is 0 Å². The Balaban J connectivity index is 1.62. The van der Waals surface area contributed by atoms with Crippen LogP contribution in [0.5, 0.6) is 11.5 Å². The van der Waals surface area contributed by atoms with Crippen molar-refractivity contribution < 1.29 is 14.3 Å². The molecular formula is C25H22N2O3S. The highest BCUT2D eigenvalue weighted by molar-refractivity contribution is 7.16. The van der Waals surface area contributed by atoms with Gasteiger partial charge in [0.2, 0.25) is 0 Å².